The van der Waals surface area contributed by atoms with Crippen molar-refractivity contribution in [3.63, 3.8) is 0 Å². The first-order valence-electron chi connectivity index (χ1n) is 7.20. The third-order valence-electron chi connectivity index (χ3n) is 3.36. The summed E-state index contributed by atoms with van der Waals surface area (Å²) < 4.78 is 13.7. The number of halogens is 1. The van der Waals surface area contributed by atoms with Gasteiger partial charge in [0, 0.05) is 18.2 Å². The Bertz CT molecular complexity index is 655. The molecule has 0 unspecified atom stereocenters. The molecule has 1 aliphatic rings. The quantitative estimate of drug-likeness (QED) is 0.593. The second-order valence-corrected chi connectivity index (χ2v) is 7.29. The molecule has 1 amide bonds. The van der Waals surface area contributed by atoms with E-state index in [4.69, 9.17) is 0 Å². The van der Waals surface area contributed by atoms with Gasteiger partial charge >= 0.3 is 0 Å². The van der Waals surface area contributed by atoms with Crippen LogP contribution in [0.5, 0.6) is 0 Å². The van der Waals surface area contributed by atoms with Crippen LogP contribution in [0.3, 0.4) is 0 Å². The zero-order valence-corrected chi connectivity index (χ0v) is 13.8. The molecule has 4 nitrogen and oxygen atoms in total. The van der Waals surface area contributed by atoms with Gasteiger partial charge in [-0.05, 0) is 30.5 Å². The van der Waals surface area contributed by atoms with E-state index in [1.54, 1.807) is 28.8 Å². The standard InChI is InChI=1S/C15H16FN3OS2/c1-2-13(20)19(12-7-8-12)14-17-18-15(22-14)21-9-10-3-5-11(16)6-4-10/h3-6,12H,2,7-9H2,1H3. The maximum Gasteiger partial charge on any atom is 0.228 e. The van der Waals surface area contributed by atoms with E-state index in [1.165, 1.54) is 23.5 Å². The summed E-state index contributed by atoms with van der Waals surface area (Å²) in [7, 11) is 0. The summed E-state index contributed by atoms with van der Waals surface area (Å²) in [6.45, 7) is 1.86. The van der Waals surface area contributed by atoms with E-state index in [9.17, 15) is 9.18 Å². The lowest BCUT2D eigenvalue weighted by Gasteiger charge is -2.17. The molecular weight excluding hydrogens is 321 g/mol. The number of anilines is 1. The summed E-state index contributed by atoms with van der Waals surface area (Å²) >= 11 is 3.00. The van der Waals surface area contributed by atoms with Crippen molar-refractivity contribution in [3.05, 3.63) is 35.6 Å². The minimum atomic E-state index is -0.231. The van der Waals surface area contributed by atoms with Crippen molar-refractivity contribution in [2.75, 3.05) is 4.90 Å². The van der Waals surface area contributed by atoms with Crippen LogP contribution in [0, 0.1) is 5.82 Å². The molecule has 2 aromatic rings. The van der Waals surface area contributed by atoms with Crippen LogP contribution in [-0.2, 0) is 10.5 Å². The molecule has 0 bridgehead atoms. The number of thioether (sulfide) groups is 1. The summed E-state index contributed by atoms with van der Waals surface area (Å²) in [5.41, 5.74) is 1.03. The molecule has 1 aromatic heterocycles. The number of amides is 1. The first-order valence-corrected chi connectivity index (χ1v) is 9.00. The molecule has 1 aromatic carbocycles. The molecule has 0 aliphatic heterocycles. The number of carbonyl (C=O) groups excluding carboxylic acids is 1. The zero-order valence-electron chi connectivity index (χ0n) is 12.2. The fraction of sp³-hybridized carbons (Fsp3) is 0.400. The van der Waals surface area contributed by atoms with Gasteiger partial charge in [-0.25, -0.2) is 4.39 Å². The Morgan fingerprint density at radius 2 is 2.09 bits per heavy atom. The lowest BCUT2D eigenvalue weighted by atomic mass is 10.2. The number of hydrogen-bond donors (Lipinski definition) is 0. The summed E-state index contributed by atoms with van der Waals surface area (Å²) in [5.74, 6) is 0.582. The second-order valence-electron chi connectivity index (χ2n) is 5.11. The Balaban J connectivity index is 1.65. The molecule has 0 N–H and O–H groups in total. The summed E-state index contributed by atoms with van der Waals surface area (Å²) in [5, 5.41) is 9.02. The Morgan fingerprint density at radius 3 is 2.73 bits per heavy atom. The molecule has 1 heterocycles. The summed E-state index contributed by atoms with van der Waals surface area (Å²) in [6.07, 6.45) is 2.57. The molecule has 0 saturated heterocycles. The van der Waals surface area contributed by atoms with Gasteiger partial charge in [0.25, 0.3) is 0 Å². The van der Waals surface area contributed by atoms with E-state index in [0.717, 1.165) is 22.7 Å². The van der Waals surface area contributed by atoms with Gasteiger partial charge in [-0.3, -0.25) is 9.69 Å². The molecule has 0 radical (unpaired) electrons. The molecule has 116 valence electrons. The molecule has 3 rings (SSSR count). The molecule has 7 heteroatoms. The topological polar surface area (TPSA) is 46.1 Å². The van der Waals surface area contributed by atoms with E-state index in [0.29, 0.717) is 23.3 Å². The van der Waals surface area contributed by atoms with Crippen LogP contribution in [0.25, 0.3) is 0 Å². The van der Waals surface area contributed by atoms with Crippen molar-refractivity contribution in [2.24, 2.45) is 0 Å². The van der Waals surface area contributed by atoms with Gasteiger partial charge < -0.3 is 0 Å². The van der Waals surface area contributed by atoms with E-state index >= 15 is 0 Å². The van der Waals surface area contributed by atoms with Gasteiger partial charge in [0.1, 0.15) is 5.82 Å². The fourth-order valence-corrected chi connectivity index (χ4v) is 3.94. The third-order valence-corrected chi connectivity index (χ3v) is 5.49. The molecule has 22 heavy (non-hydrogen) atoms. The normalized spacial score (nSPS) is 14.1. The van der Waals surface area contributed by atoms with Gasteiger partial charge in [-0.1, -0.05) is 42.2 Å². The van der Waals surface area contributed by atoms with Crippen LogP contribution in [0.4, 0.5) is 9.52 Å². The van der Waals surface area contributed by atoms with Crippen molar-refractivity contribution in [3.8, 4) is 0 Å². The minimum absolute atomic E-state index is 0.105. The zero-order chi connectivity index (χ0) is 15.5. The molecule has 1 aliphatic carbocycles. The largest absolute Gasteiger partial charge is 0.284 e. The molecular formula is C15H16FN3OS2. The van der Waals surface area contributed by atoms with E-state index in [-0.39, 0.29) is 11.7 Å². The van der Waals surface area contributed by atoms with Crippen molar-refractivity contribution >= 4 is 34.1 Å². The van der Waals surface area contributed by atoms with Crippen molar-refractivity contribution in [1.29, 1.82) is 0 Å². The predicted molar refractivity (Wildman–Crippen MR) is 86.7 cm³/mol. The predicted octanol–water partition coefficient (Wildman–Crippen LogP) is 3.87. The first kappa shape index (κ1) is 15.4. The molecule has 1 saturated carbocycles. The Morgan fingerprint density at radius 1 is 1.36 bits per heavy atom. The van der Waals surface area contributed by atoms with Crippen LogP contribution >= 0.6 is 23.1 Å². The van der Waals surface area contributed by atoms with Gasteiger partial charge in [0.2, 0.25) is 11.0 Å². The number of benzene rings is 1. The number of aromatic nitrogens is 2. The summed E-state index contributed by atoms with van der Waals surface area (Å²) in [6, 6.07) is 6.74. The third kappa shape index (κ3) is 3.64. The highest BCUT2D eigenvalue weighted by atomic mass is 32.2. The van der Waals surface area contributed by atoms with E-state index < -0.39 is 0 Å². The molecule has 0 spiro atoms. The number of hydrogen-bond acceptors (Lipinski definition) is 5. The van der Waals surface area contributed by atoms with Gasteiger partial charge in [0.05, 0.1) is 0 Å². The second kappa shape index (κ2) is 6.75. The van der Waals surface area contributed by atoms with E-state index in [2.05, 4.69) is 10.2 Å². The van der Waals surface area contributed by atoms with Crippen LogP contribution in [-0.4, -0.2) is 22.1 Å². The van der Waals surface area contributed by atoms with E-state index in [1.807, 2.05) is 6.92 Å². The van der Waals surface area contributed by atoms with Gasteiger partial charge in [-0.2, -0.15) is 0 Å². The van der Waals surface area contributed by atoms with Crippen molar-refractivity contribution in [2.45, 2.75) is 42.3 Å². The highest BCUT2D eigenvalue weighted by Crippen LogP contribution is 2.36. The molecule has 0 atom stereocenters. The van der Waals surface area contributed by atoms with Crippen molar-refractivity contribution in [1.82, 2.24) is 10.2 Å². The maximum absolute atomic E-state index is 12.9. The summed E-state index contributed by atoms with van der Waals surface area (Å²) in [4.78, 5) is 13.8. The fourth-order valence-electron chi connectivity index (χ4n) is 2.05. The van der Waals surface area contributed by atoms with Crippen LogP contribution in [0.2, 0.25) is 0 Å². The highest BCUT2D eigenvalue weighted by molar-refractivity contribution is 8.00. The van der Waals surface area contributed by atoms with Crippen LogP contribution < -0.4 is 4.90 Å². The highest BCUT2D eigenvalue weighted by Gasteiger charge is 2.35. The van der Waals surface area contributed by atoms with Crippen LogP contribution in [0.1, 0.15) is 31.7 Å². The van der Waals surface area contributed by atoms with Crippen molar-refractivity contribution < 1.29 is 9.18 Å². The van der Waals surface area contributed by atoms with Crippen LogP contribution in [0.15, 0.2) is 28.6 Å². The average molecular weight is 337 g/mol. The SMILES string of the molecule is CCC(=O)N(c1nnc(SCc2ccc(F)cc2)s1)C1CC1. The minimum Gasteiger partial charge on any atom is -0.284 e. The number of rotatable bonds is 6. The average Bonchev–Trinajstić information content (AvgIpc) is 3.25. The lowest BCUT2D eigenvalue weighted by molar-refractivity contribution is -0.118. The first-order chi connectivity index (χ1) is 10.7. The number of carbonyl (C=O) groups is 1. The van der Waals surface area contributed by atoms with Gasteiger partial charge in [-0.15, -0.1) is 10.2 Å². The number of nitrogens with zero attached hydrogens (tertiary/aromatic N) is 3. The Kier molecular flexibility index (Phi) is 4.73. The Labute approximate surface area is 136 Å². The lowest BCUT2D eigenvalue weighted by Crippen LogP contribution is -2.32. The molecule has 1 fully saturated rings. The monoisotopic (exact) mass is 337 g/mol. The Hall–Kier alpha value is -1.47. The maximum atomic E-state index is 12.9. The smallest absolute Gasteiger partial charge is 0.228 e. The van der Waals surface area contributed by atoms with Gasteiger partial charge in [0.15, 0.2) is 4.34 Å².